The zero-order chi connectivity index (χ0) is 25.8. The van der Waals surface area contributed by atoms with Crippen LogP contribution in [0.5, 0.6) is 0 Å². The van der Waals surface area contributed by atoms with Gasteiger partial charge in [-0.15, -0.1) is 0 Å². The van der Waals surface area contributed by atoms with E-state index in [-0.39, 0.29) is 32.4 Å². The quantitative estimate of drug-likeness (QED) is 0.462. The van der Waals surface area contributed by atoms with Crippen LogP contribution in [-0.2, 0) is 20.9 Å². The zero-order valence-electron chi connectivity index (χ0n) is 17.4. The molecular formula is C22H15Cl2F7N2O2. The number of alkyl halides is 7. The summed E-state index contributed by atoms with van der Waals surface area (Å²) in [6, 6.07) is 8.64. The molecule has 2 aromatic carbocycles. The minimum atomic E-state index is -4.91. The summed E-state index contributed by atoms with van der Waals surface area (Å²) in [7, 11) is 0. The zero-order valence-corrected chi connectivity index (χ0v) is 18.9. The fraction of sp³-hybridized carbons (Fsp3) is 0.318. The smallest absolute Gasteiger partial charge is 0.335 e. The Morgan fingerprint density at radius 1 is 0.971 bits per heavy atom. The number of rotatable bonds is 4. The molecule has 35 heavy (non-hydrogen) atoms. The highest BCUT2D eigenvalue weighted by Gasteiger charge is 2.59. The molecule has 13 heteroatoms. The minimum Gasteiger partial charge on any atom is -0.335 e. The van der Waals surface area contributed by atoms with E-state index >= 15 is 4.39 Å². The number of hydroxylamine groups is 1. The molecule has 1 saturated heterocycles. The second kappa shape index (κ2) is 8.56. The van der Waals surface area contributed by atoms with Crippen molar-refractivity contribution < 1.29 is 40.4 Å². The lowest BCUT2D eigenvalue weighted by Crippen LogP contribution is -2.59. The molecule has 2 heterocycles. The van der Waals surface area contributed by atoms with Gasteiger partial charge in [-0.1, -0.05) is 47.5 Å². The Bertz CT molecular complexity index is 1160. The average Bonchev–Trinajstić information content (AvgIpc) is 3.16. The molecule has 1 amide bonds. The summed E-state index contributed by atoms with van der Waals surface area (Å²) in [6.45, 7) is -1.12. The number of hydrogen-bond donors (Lipinski definition) is 1. The van der Waals surface area contributed by atoms with E-state index in [2.05, 4.69) is 5.48 Å². The Labute approximate surface area is 204 Å². The molecule has 1 N–H and O–H groups in total. The molecule has 4 nitrogen and oxygen atoms in total. The molecule has 1 unspecified atom stereocenters. The topological polar surface area (TPSA) is 41.6 Å². The maximum absolute atomic E-state index is 15.1. The van der Waals surface area contributed by atoms with Crippen molar-refractivity contribution in [3.05, 3.63) is 75.3 Å². The van der Waals surface area contributed by atoms with Crippen molar-refractivity contribution in [1.82, 2.24) is 10.4 Å². The van der Waals surface area contributed by atoms with Gasteiger partial charge in [0.2, 0.25) is 11.5 Å². The summed E-state index contributed by atoms with van der Waals surface area (Å²) in [5.74, 6) is -1.23. The maximum atomic E-state index is 15.1. The van der Waals surface area contributed by atoms with E-state index in [4.69, 9.17) is 28.0 Å². The van der Waals surface area contributed by atoms with E-state index in [1.807, 2.05) is 0 Å². The molecule has 0 spiro atoms. The molecule has 188 valence electrons. The molecule has 2 aliphatic heterocycles. The van der Waals surface area contributed by atoms with Crippen molar-refractivity contribution in [3.8, 4) is 0 Å². The number of carbonyl (C=O) groups is 1. The van der Waals surface area contributed by atoms with Gasteiger partial charge in [0.05, 0.1) is 18.8 Å². The fourth-order valence-corrected chi connectivity index (χ4v) is 4.43. The van der Waals surface area contributed by atoms with E-state index in [0.29, 0.717) is 0 Å². The van der Waals surface area contributed by atoms with Crippen LogP contribution in [0.25, 0.3) is 5.70 Å². The molecule has 1 atom stereocenters. The third kappa shape index (κ3) is 4.94. The first kappa shape index (κ1) is 25.6. The van der Waals surface area contributed by atoms with Crippen molar-refractivity contribution >= 4 is 34.8 Å². The Balaban J connectivity index is 1.55. The molecule has 2 aromatic rings. The summed E-state index contributed by atoms with van der Waals surface area (Å²) in [6.07, 6.45) is -10.5. The lowest BCUT2D eigenvalue weighted by Gasteiger charge is -2.44. The van der Waals surface area contributed by atoms with Crippen LogP contribution in [0, 0.1) is 0 Å². The second-order valence-electron chi connectivity index (χ2n) is 8.24. The maximum Gasteiger partial charge on any atom is 0.428 e. The Morgan fingerprint density at radius 2 is 1.54 bits per heavy atom. The molecule has 0 bridgehead atoms. The molecule has 4 rings (SSSR count). The van der Waals surface area contributed by atoms with Gasteiger partial charge in [-0.05, 0) is 35.4 Å². The number of halogens is 9. The fourth-order valence-electron chi connectivity index (χ4n) is 3.90. The predicted octanol–water partition coefficient (Wildman–Crippen LogP) is 6.29. The molecule has 1 fully saturated rings. The van der Waals surface area contributed by atoms with Gasteiger partial charge >= 0.3 is 12.4 Å². The van der Waals surface area contributed by atoms with Crippen LogP contribution in [0.15, 0.2) is 48.5 Å². The summed E-state index contributed by atoms with van der Waals surface area (Å²) < 4.78 is 94.4. The van der Waals surface area contributed by atoms with Gasteiger partial charge in [-0.3, -0.25) is 15.1 Å². The summed E-state index contributed by atoms with van der Waals surface area (Å²) in [4.78, 5) is 17.3. The van der Waals surface area contributed by atoms with Gasteiger partial charge in [0.25, 0.3) is 0 Å². The first-order chi connectivity index (χ1) is 16.1. The number of carbonyl (C=O) groups excluding carboxylic acids is 1. The van der Waals surface area contributed by atoms with Crippen LogP contribution in [0.3, 0.4) is 0 Å². The molecular weight excluding hydrogens is 528 g/mol. The monoisotopic (exact) mass is 542 g/mol. The van der Waals surface area contributed by atoms with Crippen LogP contribution in [0.2, 0.25) is 10.0 Å². The standard InChI is InChI=1S/C22H15Cl2F7N2O2/c23-15-5-14(6-16(24)7-15)20(22(29,30)31)8-17(32-35-20)12-1-3-13(4-2-12)19(25)10-33(11-19)18(34)9-21(26,27)28/h1-8,32H,9-11H2. The third-order valence-electron chi connectivity index (χ3n) is 5.68. The van der Waals surface area contributed by atoms with Gasteiger partial charge in [0.15, 0.2) is 5.67 Å². The Morgan fingerprint density at radius 3 is 2.06 bits per heavy atom. The summed E-state index contributed by atoms with van der Waals surface area (Å²) >= 11 is 11.7. The van der Waals surface area contributed by atoms with E-state index in [1.165, 1.54) is 30.3 Å². The van der Waals surface area contributed by atoms with Crippen LogP contribution >= 0.6 is 23.2 Å². The number of likely N-dealkylation sites (tertiary alicyclic amines) is 1. The van der Waals surface area contributed by atoms with E-state index in [1.54, 1.807) is 0 Å². The Kier molecular flexibility index (Phi) is 6.26. The van der Waals surface area contributed by atoms with E-state index < -0.39 is 49.0 Å². The third-order valence-corrected chi connectivity index (χ3v) is 6.12. The van der Waals surface area contributed by atoms with Crippen LogP contribution < -0.4 is 5.48 Å². The van der Waals surface area contributed by atoms with Gasteiger partial charge < -0.3 is 4.90 Å². The lowest BCUT2D eigenvalue weighted by atomic mass is 9.86. The molecule has 0 saturated carbocycles. The highest BCUT2D eigenvalue weighted by molar-refractivity contribution is 6.34. The number of hydrogen-bond acceptors (Lipinski definition) is 3. The van der Waals surface area contributed by atoms with Crippen LogP contribution in [0.1, 0.15) is 23.1 Å². The number of benzene rings is 2. The van der Waals surface area contributed by atoms with Crippen LogP contribution in [0.4, 0.5) is 30.7 Å². The normalized spacial score (nSPS) is 21.9. The molecule has 0 radical (unpaired) electrons. The minimum absolute atomic E-state index is 0.0255. The number of amides is 1. The van der Waals surface area contributed by atoms with Gasteiger partial charge in [0, 0.05) is 15.6 Å². The van der Waals surface area contributed by atoms with Gasteiger partial charge in [-0.25, -0.2) is 4.39 Å². The highest BCUT2D eigenvalue weighted by Crippen LogP contribution is 2.48. The van der Waals surface area contributed by atoms with Gasteiger partial charge in [0.1, 0.15) is 6.42 Å². The first-order valence-electron chi connectivity index (χ1n) is 9.96. The number of nitrogens with zero attached hydrogens (tertiary/aromatic N) is 1. The molecule has 2 aliphatic rings. The SMILES string of the molecule is O=C(CC(F)(F)F)N1CC(F)(c2ccc(C3=CC(c4cc(Cl)cc(Cl)c4)(C(F)(F)F)ON3)cc2)C1. The average molecular weight is 543 g/mol. The molecule has 0 aromatic heterocycles. The number of nitrogens with one attached hydrogen (secondary N) is 1. The first-order valence-corrected chi connectivity index (χ1v) is 10.7. The van der Waals surface area contributed by atoms with Crippen molar-refractivity contribution in [2.24, 2.45) is 0 Å². The largest absolute Gasteiger partial charge is 0.428 e. The summed E-state index contributed by atoms with van der Waals surface area (Å²) in [5, 5.41) is -0.0511. The van der Waals surface area contributed by atoms with Gasteiger partial charge in [-0.2, -0.15) is 26.3 Å². The molecule has 0 aliphatic carbocycles. The lowest BCUT2D eigenvalue weighted by molar-refractivity contribution is -0.269. The van der Waals surface area contributed by atoms with Crippen molar-refractivity contribution in [2.45, 2.75) is 30.0 Å². The Hall–Kier alpha value is -2.50. The van der Waals surface area contributed by atoms with E-state index in [0.717, 1.165) is 23.1 Å². The van der Waals surface area contributed by atoms with Crippen molar-refractivity contribution in [1.29, 1.82) is 0 Å². The van der Waals surface area contributed by atoms with Crippen molar-refractivity contribution in [3.63, 3.8) is 0 Å². The summed E-state index contributed by atoms with van der Waals surface area (Å²) in [5.41, 5.74) is -2.86. The van der Waals surface area contributed by atoms with Crippen molar-refractivity contribution in [2.75, 3.05) is 13.1 Å². The highest BCUT2D eigenvalue weighted by atomic mass is 35.5. The predicted molar refractivity (Wildman–Crippen MR) is 113 cm³/mol. The van der Waals surface area contributed by atoms with Crippen LogP contribution in [-0.4, -0.2) is 36.2 Å². The second-order valence-corrected chi connectivity index (χ2v) is 9.11. The van der Waals surface area contributed by atoms with E-state index in [9.17, 15) is 31.1 Å².